The molecule has 1 aliphatic carbocycles. The van der Waals surface area contributed by atoms with Gasteiger partial charge in [0.2, 0.25) is 0 Å². The summed E-state index contributed by atoms with van der Waals surface area (Å²) in [5.41, 5.74) is 5.37. The summed E-state index contributed by atoms with van der Waals surface area (Å²) in [6.07, 6.45) is 5.75. The van der Waals surface area contributed by atoms with E-state index < -0.39 is 5.79 Å². The fourth-order valence-corrected chi connectivity index (χ4v) is 1.87. The van der Waals surface area contributed by atoms with E-state index in [-0.39, 0.29) is 0 Å². The summed E-state index contributed by atoms with van der Waals surface area (Å²) in [7, 11) is 0. The first-order valence-corrected chi connectivity index (χ1v) is 4.62. The average Bonchev–Trinajstić information content (AvgIpc) is 2.26. The Morgan fingerprint density at radius 2 is 2.36 bits per heavy atom. The van der Waals surface area contributed by atoms with Gasteiger partial charge >= 0.3 is 0 Å². The molecule has 0 aromatic rings. The highest BCUT2D eigenvalue weighted by atomic mass is 19.1. The van der Waals surface area contributed by atoms with Gasteiger partial charge in [-0.15, -0.1) is 0 Å². The minimum atomic E-state index is -1.33. The van der Waals surface area contributed by atoms with Gasteiger partial charge in [0.15, 0.2) is 5.79 Å². The van der Waals surface area contributed by atoms with Crippen LogP contribution < -0.4 is 5.73 Å². The van der Waals surface area contributed by atoms with E-state index in [9.17, 15) is 4.39 Å². The van der Waals surface area contributed by atoms with Crippen LogP contribution >= 0.6 is 0 Å². The van der Waals surface area contributed by atoms with Gasteiger partial charge in [-0.1, -0.05) is 26.2 Å². The first kappa shape index (κ1) is 8.98. The van der Waals surface area contributed by atoms with Gasteiger partial charge in [0.25, 0.3) is 0 Å². The summed E-state index contributed by atoms with van der Waals surface area (Å²) in [6.45, 7) is 2.17. The van der Waals surface area contributed by atoms with Crippen molar-refractivity contribution < 1.29 is 4.39 Å². The molecule has 0 aromatic carbocycles. The van der Waals surface area contributed by atoms with Crippen LogP contribution in [0.4, 0.5) is 4.39 Å². The largest absolute Gasteiger partial charge is 0.299 e. The normalized spacial score (nSPS) is 37.9. The van der Waals surface area contributed by atoms with E-state index in [0.29, 0.717) is 18.8 Å². The third kappa shape index (κ3) is 2.78. The van der Waals surface area contributed by atoms with Crippen LogP contribution in [0.3, 0.4) is 0 Å². The second kappa shape index (κ2) is 3.53. The summed E-state index contributed by atoms with van der Waals surface area (Å²) >= 11 is 0. The van der Waals surface area contributed by atoms with Gasteiger partial charge in [-0.25, -0.2) is 4.39 Å². The minimum absolute atomic E-state index is 0.560. The lowest BCUT2D eigenvalue weighted by atomic mass is 10.0. The van der Waals surface area contributed by atoms with Crippen LogP contribution in [0.25, 0.3) is 0 Å². The molecule has 11 heavy (non-hydrogen) atoms. The zero-order chi connectivity index (χ0) is 8.32. The second-order valence-corrected chi connectivity index (χ2v) is 3.79. The Hall–Kier alpha value is -0.110. The Morgan fingerprint density at radius 1 is 1.64 bits per heavy atom. The summed E-state index contributed by atoms with van der Waals surface area (Å²) in [5.74, 6) is -0.775. The van der Waals surface area contributed by atoms with Crippen LogP contribution in [-0.2, 0) is 0 Å². The number of unbranched alkanes of at least 4 members (excludes halogenated alkanes) is 1. The van der Waals surface area contributed by atoms with E-state index in [0.717, 1.165) is 6.42 Å². The molecule has 1 rings (SSSR count). The third-order valence-corrected chi connectivity index (χ3v) is 2.56. The molecule has 66 valence electrons. The maximum absolute atomic E-state index is 13.1. The maximum atomic E-state index is 13.1. The lowest BCUT2D eigenvalue weighted by Gasteiger charge is -2.12. The highest BCUT2D eigenvalue weighted by Gasteiger charge is 2.34. The molecule has 0 heterocycles. The van der Waals surface area contributed by atoms with E-state index in [1.807, 2.05) is 0 Å². The van der Waals surface area contributed by atoms with Gasteiger partial charge in [-0.05, 0) is 25.2 Å². The fraction of sp³-hybridized carbons (Fsp3) is 1.00. The number of rotatable bonds is 3. The van der Waals surface area contributed by atoms with E-state index in [4.69, 9.17) is 5.73 Å². The summed E-state index contributed by atoms with van der Waals surface area (Å²) in [4.78, 5) is 0. The molecule has 2 unspecified atom stereocenters. The predicted molar refractivity (Wildman–Crippen MR) is 44.9 cm³/mol. The van der Waals surface area contributed by atoms with Gasteiger partial charge in [-0.3, -0.25) is 5.73 Å². The quantitative estimate of drug-likeness (QED) is 0.629. The molecule has 1 fully saturated rings. The molecule has 0 aromatic heterocycles. The van der Waals surface area contributed by atoms with Gasteiger partial charge in [0.1, 0.15) is 0 Å². The van der Waals surface area contributed by atoms with E-state index in [2.05, 4.69) is 6.92 Å². The van der Waals surface area contributed by atoms with Crippen molar-refractivity contribution in [3.8, 4) is 0 Å². The second-order valence-electron chi connectivity index (χ2n) is 3.79. The smallest absolute Gasteiger partial charge is 0.159 e. The zero-order valence-corrected chi connectivity index (χ0v) is 7.28. The summed E-state index contributed by atoms with van der Waals surface area (Å²) in [5, 5.41) is 0. The van der Waals surface area contributed by atoms with Crippen molar-refractivity contribution in [2.24, 2.45) is 11.7 Å². The predicted octanol–water partition coefficient (Wildman–Crippen LogP) is 2.60. The molecule has 1 nitrogen and oxygen atoms in total. The Bertz CT molecular complexity index is 123. The van der Waals surface area contributed by atoms with E-state index in [1.165, 1.54) is 19.3 Å². The van der Waals surface area contributed by atoms with Crippen molar-refractivity contribution in [3.05, 3.63) is 0 Å². The van der Waals surface area contributed by atoms with Gasteiger partial charge in [0.05, 0.1) is 0 Å². The number of nitrogens with two attached hydrogens (primary N) is 1. The number of alkyl halides is 1. The van der Waals surface area contributed by atoms with Crippen molar-refractivity contribution in [1.29, 1.82) is 0 Å². The molecular weight excluding hydrogens is 141 g/mol. The molecular formula is C9H18FN. The van der Waals surface area contributed by atoms with E-state index in [1.54, 1.807) is 0 Å². The standard InChI is InChI=1S/C9H18FN/c1-2-3-4-8-5-6-9(10,11)7-8/h8H,2-7,11H2,1H3. The number of halogens is 1. The third-order valence-electron chi connectivity index (χ3n) is 2.56. The topological polar surface area (TPSA) is 26.0 Å². The molecule has 1 aliphatic rings. The fourth-order valence-electron chi connectivity index (χ4n) is 1.87. The van der Waals surface area contributed by atoms with Crippen LogP contribution in [0.15, 0.2) is 0 Å². The lowest BCUT2D eigenvalue weighted by Crippen LogP contribution is -2.30. The van der Waals surface area contributed by atoms with Crippen LogP contribution in [0.5, 0.6) is 0 Å². The summed E-state index contributed by atoms with van der Waals surface area (Å²) in [6, 6.07) is 0. The Labute approximate surface area is 68.2 Å². The Kier molecular flexibility index (Phi) is 2.88. The highest BCUT2D eigenvalue weighted by Crippen LogP contribution is 2.36. The van der Waals surface area contributed by atoms with Crippen LogP contribution in [0, 0.1) is 5.92 Å². The van der Waals surface area contributed by atoms with Crippen molar-refractivity contribution in [1.82, 2.24) is 0 Å². The molecule has 0 spiro atoms. The zero-order valence-electron chi connectivity index (χ0n) is 7.28. The monoisotopic (exact) mass is 159 g/mol. The number of hydrogen-bond donors (Lipinski definition) is 1. The molecule has 2 N–H and O–H groups in total. The molecule has 2 heteroatoms. The molecule has 2 atom stereocenters. The summed E-state index contributed by atoms with van der Waals surface area (Å²) < 4.78 is 13.1. The van der Waals surface area contributed by atoms with Crippen molar-refractivity contribution in [2.75, 3.05) is 0 Å². The van der Waals surface area contributed by atoms with Crippen LogP contribution in [0.2, 0.25) is 0 Å². The molecule has 0 amide bonds. The highest BCUT2D eigenvalue weighted by molar-refractivity contribution is 4.84. The number of hydrogen-bond acceptors (Lipinski definition) is 1. The van der Waals surface area contributed by atoms with Gasteiger partial charge in [-0.2, -0.15) is 0 Å². The minimum Gasteiger partial charge on any atom is -0.299 e. The molecule has 0 bridgehead atoms. The first-order chi connectivity index (χ1) is 5.14. The molecule has 0 aliphatic heterocycles. The van der Waals surface area contributed by atoms with E-state index >= 15 is 0 Å². The average molecular weight is 159 g/mol. The lowest BCUT2D eigenvalue weighted by molar-refractivity contribution is 0.174. The SMILES string of the molecule is CCCCC1CCC(N)(F)C1. The first-order valence-electron chi connectivity index (χ1n) is 4.62. The Morgan fingerprint density at radius 3 is 2.82 bits per heavy atom. The molecule has 0 radical (unpaired) electrons. The molecule has 0 saturated heterocycles. The maximum Gasteiger partial charge on any atom is 0.159 e. The molecule has 1 saturated carbocycles. The van der Waals surface area contributed by atoms with Crippen molar-refractivity contribution in [3.63, 3.8) is 0 Å². The van der Waals surface area contributed by atoms with Gasteiger partial charge in [0, 0.05) is 0 Å². The van der Waals surface area contributed by atoms with Crippen LogP contribution in [-0.4, -0.2) is 5.79 Å². The van der Waals surface area contributed by atoms with Gasteiger partial charge < -0.3 is 0 Å². The van der Waals surface area contributed by atoms with Crippen molar-refractivity contribution >= 4 is 0 Å². The van der Waals surface area contributed by atoms with Crippen LogP contribution in [0.1, 0.15) is 45.4 Å². The van der Waals surface area contributed by atoms with Crippen molar-refractivity contribution in [2.45, 2.75) is 51.2 Å². The Balaban J connectivity index is 2.20.